The van der Waals surface area contributed by atoms with Gasteiger partial charge < -0.3 is 0 Å². The topological polar surface area (TPSA) is 68.3 Å². The third kappa shape index (κ3) is 3.25. The van der Waals surface area contributed by atoms with E-state index in [0.717, 1.165) is 0 Å². The SMILES string of the molecule is O=S(=O)(Cl)C1CCC(S(=O)(=O)Cl)CC1. The van der Waals surface area contributed by atoms with Crippen LogP contribution in [-0.2, 0) is 18.1 Å². The summed E-state index contributed by atoms with van der Waals surface area (Å²) in [7, 11) is 3.21. The standard InChI is InChI=1S/C6H10Cl2O4S2/c7-13(9,10)5-1-2-6(4-3-5)14(8,11)12/h5-6H,1-4H2. The first kappa shape index (κ1) is 12.5. The highest BCUT2D eigenvalue weighted by molar-refractivity contribution is 8.14. The maximum atomic E-state index is 10.9. The summed E-state index contributed by atoms with van der Waals surface area (Å²) in [4.78, 5) is 0. The van der Waals surface area contributed by atoms with Crippen molar-refractivity contribution in [2.45, 2.75) is 36.2 Å². The summed E-state index contributed by atoms with van der Waals surface area (Å²) in [6.45, 7) is 0. The zero-order chi connectivity index (χ0) is 11.0. The number of halogens is 2. The minimum atomic E-state index is -3.56. The van der Waals surface area contributed by atoms with E-state index in [4.69, 9.17) is 21.4 Å². The summed E-state index contributed by atoms with van der Waals surface area (Å²) >= 11 is 0. The van der Waals surface area contributed by atoms with E-state index in [2.05, 4.69) is 0 Å². The van der Waals surface area contributed by atoms with Gasteiger partial charge in [0.1, 0.15) is 0 Å². The molecule has 0 saturated heterocycles. The van der Waals surface area contributed by atoms with E-state index in [9.17, 15) is 16.8 Å². The molecule has 8 heteroatoms. The summed E-state index contributed by atoms with van der Waals surface area (Å²) in [5, 5.41) is -1.25. The van der Waals surface area contributed by atoms with E-state index in [1.807, 2.05) is 0 Å². The summed E-state index contributed by atoms with van der Waals surface area (Å²) in [6.07, 6.45) is 1.07. The van der Waals surface area contributed by atoms with E-state index < -0.39 is 28.6 Å². The minimum Gasteiger partial charge on any atom is -0.212 e. The second-order valence-electron chi connectivity index (χ2n) is 3.35. The van der Waals surface area contributed by atoms with Crippen LogP contribution >= 0.6 is 21.4 Å². The Morgan fingerprint density at radius 3 is 1.07 bits per heavy atom. The first-order valence-electron chi connectivity index (χ1n) is 4.08. The normalized spacial score (nSPS) is 30.1. The van der Waals surface area contributed by atoms with Crippen LogP contribution < -0.4 is 0 Å². The van der Waals surface area contributed by atoms with Crippen LogP contribution in [-0.4, -0.2) is 27.3 Å². The maximum Gasteiger partial charge on any atom is 0.235 e. The van der Waals surface area contributed by atoms with Gasteiger partial charge in [-0.05, 0) is 25.7 Å². The summed E-state index contributed by atoms with van der Waals surface area (Å²) in [6, 6.07) is 0. The molecule has 1 rings (SSSR count). The van der Waals surface area contributed by atoms with Crippen molar-refractivity contribution >= 4 is 39.5 Å². The van der Waals surface area contributed by atoms with Gasteiger partial charge in [0.2, 0.25) is 18.1 Å². The second kappa shape index (κ2) is 4.15. The van der Waals surface area contributed by atoms with Gasteiger partial charge in [0, 0.05) is 21.4 Å². The van der Waals surface area contributed by atoms with E-state index in [0.29, 0.717) is 0 Å². The molecule has 0 bridgehead atoms. The quantitative estimate of drug-likeness (QED) is 0.718. The lowest BCUT2D eigenvalue weighted by atomic mass is 10.00. The Labute approximate surface area is 92.4 Å². The molecular weight excluding hydrogens is 271 g/mol. The van der Waals surface area contributed by atoms with E-state index >= 15 is 0 Å². The molecule has 0 atom stereocenters. The highest BCUT2D eigenvalue weighted by Crippen LogP contribution is 2.31. The molecule has 0 amide bonds. The molecule has 1 aliphatic rings. The first-order valence-corrected chi connectivity index (χ1v) is 8.82. The van der Waals surface area contributed by atoms with Crippen LogP contribution in [0, 0.1) is 0 Å². The Kier molecular flexibility index (Phi) is 3.72. The molecule has 0 aliphatic heterocycles. The smallest absolute Gasteiger partial charge is 0.212 e. The van der Waals surface area contributed by atoms with Crippen molar-refractivity contribution < 1.29 is 16.8 Å². The van der Waals surface area contributed by atoms with Crippen LogP contribution in [0.5, 0.6) is 0 Å². The third-order valence-corrected chi connectivity index (χ3v) is 6.46. The lowest BCUT2D eigenvalue weighted by Crippen LogP contribution is -2.29. The Morgan fingerprint density at radius 2 is 0.929 bits per heavy atom. The van der Waals surface area contributed by atoms with Gasteiger partial charge in [-0.3, -0.25) is 0 Å². The first-order chi connectivity index (χ1) is 6.21. The van der Waals surface area contributed by atoms with Crippen molar-refractivity contribution in [1.82, 2.24) is 0 Å². The fourth-order valence-electron chi connectivity index (χ4n) is 1.60. The second-order valence-corrected chi connectivity index (χ2v) is 9.17. The molecule has 0 aromatic carbocycles. The molecule has 0 aromatic rings. The van der Waals surface area contributed by atoms with Crippen LogP contribution in [0.4, 0.5) is 0 Å². The van der Waals surface area contributed by atoms with E-state index in [1.54, 1.807) is 0 Å². The molecule has 14 heavy (non-hydrogen) atoms. The molecule has 1 fully saturated rings. The van der Waals surface area contributed by atoms with Gasteiger partial charge in [-0.2, -0.15) is 0 Å². The molecule has 0 spiro atoms. The Balaban J connectivity index is 2.65. The molecule has 84 valence electrons. The summed E-state index contributed by atoms with van der Waals surface area (Å²) in [5.74, 6) is 0. The van der Waals surface area contributed by atoms with E-state index in [1.165, 1.54) is 0 Å². The van der Waals surface area contributed by atoms with Gasteiger partial charge in [0.05, 0.1) is 10.5 Å². The largest absolute Gasteiger partial charge is 0.235 e. The Morgan fingerprint density at radius 1 is 0.714 bits per heavy atom. The molecule has 0 N–H and O–H groups in total. The van der Waals surface area contributed by atoms with Crippen LogP contribution in [0.1, 0.15) is 25.7 Å². The summed E-state index contributed by atoms with van der Waals surface area (Å²) < 4.78 is 43.7. The molecule has 0 radical (unpaired) electrons. The van der Waals surface area contributed by atoms with Crippen molar-refractivity contribution in [2.24, 2.45) is 0 Å². The van der Waals surface area contributed by atoms with Gasteiger partial charge in [-0.1, -0.05) is 0 Å². The zero-order valence-corrected chi connectivity index (χ0v) is 10.3. The van der Waals surface area contributed by atoms with Gasteiger partial charge >= 0.3 is 0 Å². The Bertz CT molecular complexity index is 352. The molecular formula is C6H10Cl2O4S2. The molecule has 4 nitrogen and oxygen atoms in total. The average molecular weight is 281 g/mol. The van der Waals surface area contributed by atoms with Gasteiger partial charge in [-0.15, -0.1) is 0 Å². The Hall–Kier alpha value is 0.480. The van der Waals surface area contributed by atoms with Crippen LogP contribution in [0.15, 0.2) is 0 Å². The molecule has 0 heterocycles. The molecule has 0 unspecified atom stereocenters. The monoisotopic (exact) mass is 280 g/mol. The highest BCUT2D eigenvalue weighted by atomic mass is 35.7. The fraction of sp³-hybridized carbons (Fsp3) is 1.00. The molecule has 1 aliphatic carbocycles. The molecule has 1 saturated carbocycles. The fourth-order valence-corrected chi connectivity index (χ4v) is 4.33. The third-order valence-electron chi connectivity index (χ3n) is 2.42. The highest BCUT2D eigenvalue weighted by Gasteiger charge is 2.34. The number of hydrogen-bond acceptors (Lipinski definition) is 4. The predicted octanol–water partition coefficient (Wildman–Crippen LogP) is 1.43. The minimum absolute atomic E-state index is 0.266. The van der Waals surface area contributed by atoms with Crippen LogP contribution in [0.2, 0.25) is 0 Å². The number of hydrogen-bond donors (Lipinski definition) is 0. The van der Waals surface area contributed by atoms with E-state index in [-0.39, 0.29) is 25.7 Å². The van der Waals surface area contributed by atoms with Crippen molar-refractivity contribution in [1.29, 1.82) is 0 Å². The predicted molar refractivity (Wildman–Crippen MR) is 55.6 cm³/mol. The summed E-state index contributed by atoms with van der Waals surface area (Å²) in [5.41, 5.74) is 0. The van der Waals surface area contributed by atoms with Crippen molar-refractivity contribution in [3.05, 3.63) is 0 Å². The molecule has 0 aromatic heterocycles. The maximum absolute atomic E-state index is 10.9. The lowest BCUT2D eigenvalue weighted by molar-refractivity contribution is 0.480. The van der Waals surface area contributed by atoms with Gasteiger partial charge in [0.25, 0.3) is 0 Å². The zero-order valence-electron chi connectivity index (χ0n) is 7.19. The average Bonchev–Trinajstić information content (AvgIpc) is 2.01. The van der Waals surface area contributed by atoms with Crippen LogP contribution in [0.3, 0.4) is 0 Å². The van der Waals surface area contributed by atoms with Gasteiger partial charge in [0.15, 0.2) is 0 Å². The van der Waals surface area contributed by atoms with Crippen LogP contribution in [0.25, 0.3) is 0 Å². The van der Waals surface area contributed by atoms with Crippen molar-refractivity contribution in [2.75, 3.05) is 0 Å². The number of rotatable bonds is 2. The van der Waals surface area contributed by atoms with Gasteiger partial charge in [-0.25, -0.2) is 16.8 Å². The van der Waals surface area contributed by atoms with Crippen molar-refractivity contribution in [3.63, 3.8) is 0 Å². The lowest BCUT2D eigenvalue weighted by Gasteiger charge is -2.24. The van der Waals surface area contributed by atoms with Crippen molar-refractivity contribution in [3.8, 4) is 0 Å².